The molecule has 0 atom stereocenters. The number of nitrogens with zero attached hydrogens (tertiary/aromatic N) is 1. The van der Waals surface area contributed by atoms with Crippen LogP contribution in [0.5, 0.6) is 0 Å². The van der Waals surface area contributed by atoms with Crippen LogP contribution in [0.15, 0.2) is 47.2 Å². The summed E-state index contributed by atoms with van der Waals surface area (Å²) < 4.78 is 1.01. The van der Waals surface area contributed by atoms with Gasteiger partial charge in [-0.15, -0.1) is 0 Å². The molecule has 0 aliphatic heterocycles. The number of rotatable bonds is 4. The van der Waals surface area contributed by atoms with Gasteiger partial charge < -0.3 is 5.32 Å². The highest BCUT2D eigenvalue weighted by molar-refractivity contribution is 9.10. The van der Waals surface area contributed by atoms with Gasteiger partial charge in [0.25, 0.3) is 5.91 Å². The molecule has 0 saturated heterocycles. The molecule has 0 aliphatic rings. The van der Waals surface area contributed by atoms with Crippen LogP contribution in [-0.2, 0) is 6.42 Å². The standard InChI is InChI=1S/C15H15BrN2O/c1-11-9-13(4-5-14(11)16)15(19)18-8-6-12-3-2-7-17-10-12/h2-5,7,9-10H,6,8H2,1H3,(H,18,19). The maximum Gasteiger partial charge on any atom is 0.251 e. The average molecular weight is 319 g/mol. The number of carbonyl (C=O) groups excluding carboxylic acids is 1. The highest BCUT2D eigenvalue weighted by Crippen LogP contribution is 2.16. The fourth-order valence-corrected chi connectivity index (χ4v) is 2.00. The molecule has 0 radical (unpaired) electrons. The van der Waals surface area contributed by atoms with Crippen molar-refractivity contribution in [1.29, 1.82) is 0 Å². The zero-order chi connectivity index (χ0) is 13.7. The van der Waals surface area contributed by atoms with Gasteiger partial charge in [0.2, 0.25) is 0 Å². The van der Waals surface area contributed by atoms with Gasteiger partial charge in [0.1, 0.15) is 0 Å². The van der Waals surface area contributed by atoms with Crippen molar-refractivity contribution in [2.75, 3.05) is 6.54 Å². The lowest BCUT2D eigenvalue weighted by atomic mass is 10.1. The van der Waals surface area contributed by atoms with Crippen LogP contribution in [0, 0.1) is 6.92 Å². The molecule has 1 N–H and O–H groups in total. The molecule has 2 rings (SSSR count). The molecule has 3 nitrogen and oxygen atoms in total. The summed E-state index contributed by atoms with van der Waals surface area (Å²) in [4.78, 5) is 16.0. The van der Waals surface area contributed by atoms with Crippen LogP contribution in [0.25, 0.3) is 0 Å². The largest absolute Gasteiger partial charge is 0.352 e. The Labute approximate surface area is 121 Å². The van der Waals surface area contributed by atoms with Crippen LogP contribution in [-0.4, -0.2) is 17.4 Å². The molecule has 19 heavy (non-hydrogen) atoms. The number of aromatic nitrogens is 1. The molecular weight excluding hydrogens is 304 g/mol. The van der Waals surface area contributed by atoms with E-state index in [1.54, 1.807) is 6.20 Å². The van der Waals surface area contributed by atoms with Gasteiger partial charge in [-0.2, -0.15) is 0 Å². The van der Waals surface area contributed by atoms with Crippen molar-refractivity contribution < 1.29 is 4.79 Å². The van der Waals surface area contributed by atoms with Crippen molar-refractivity contribution in [3.63, 3.8) is 0 Å². The van der Waals surface area contributed by atoms with E-state index < -0.39 is 0 Å². The number of halogens is 1. The average Bonchev–Trinajstić information content (AvgIpc) is 2.43. The summed E-state index contributed by atoms with van der Waals surface area (Å²) >= 11 is 3.42. The Morgan fingerprint density at radius 1 is 1.37 bits per heavy atom. The highest BCUT2D eigenvalue weighted by atomic mass is 79.9. The Morgan fingerprint density at radius 2 is 2.21 bits per heavy atom. The van der Waals surface area contributed by atoms with Gasteiger partial charge in [0.05, 0.1) is 0 Å². The van der Waals surface area contributed by atoms with Crippen molar-refractivity contribution in [3.05, 3.63) is 63.9 Å². The van der Waals surface area contributed by atoms with Gasteiger partial charge in [0, 0.05) is 29.0 Å². The minimum absolute atomic E-state index is 0.0421. The first kappa shape index (κ1) is 13.7. The summed E-state index contributed by atoms with van der Waals surface area (Å²) in [5.41, 5.74) is 2.86. The molecule has 0 spiro atoms. The SMILES string of the molecule is Cc1cc(C(=O)NCCc2cccnc2)ccc1Br. The molecule has 0 aliphatic carbocycles. The van der Waals surface area contributed by atoms with Crippen molar-refractivity contribution in [2.24, 2.45) is 0 Å². The predicted molar refractivity (Wildman–Crippen MR) is 79.2 cm³/mol. The van der Waals surface area contributed by atoms with Crippen LogP contribution < -0.4 is 5.32 Å². The number of nitrogens with one attached hydrogen (secondary N) is 1. The minimum Gasteiger partial charge on any atom is -0.352 e. The lowest BCUT2D eigenvalue weighted by Crippen LogP contribution is -2.25. The Morgan fingerprint density at radius 3 is 2.89 bits per heavy atom. The zero-order valence-corrected chi connectivity index (χ0v) is 12.3. The topological polar surface area (TPSA) is 42.0 Å². The normalized spacial score (nSPS) is 10.2. The van der Waals surface area contributed by atoms with Crippen molar-refractivity contribution in [2.45, 2.75) is 13.3 Å². The Hall–Kier alpha value is -1.68. The predicted octanol–water partition coefficient (Wildman–Crippen LogP) is 3.13. The monoisotopic (exact) mass is 318 g/mol. The van der Waals surface area contributed by atoms with Crippen LogP contribution >= 0.6 is 15.9 Å². The lowest BCUT2D eigenvalue weighted by molar-refractivity contribution is 0.0954. The molecule has 0 saturated carbocycles. The molecule has 0 unspecified atom stereocenters. The molecule has 1 amide bonds. The van der Waals surface area contributed by atoms with Gasteiger partial charge in [-0.25, -0.2) is 0 Å². The van der Waals surface area contributed by atoms with E-state index in [1.807, 2.05) is 43.5 Å². The van der Waals surface area contributed by atoms with E-state index >= 15 is 0 Å². The summed E-state index contributed by atoms with van der Waals surface area (Å²) in [6.45, 7) is 2.58. The quantitative estimate of drug-likeness (QED) is 0.941. The first-order chi connectivity index (χ1) is 9.16. The number of carbonyl (C=O) groups is 1. The summed E-state index contributed by atoms with van der Waals surface area (Å²) in [7, 11) is 0. The van der Waals surface area contributed by atoms with Crippen molar-refractivity contribution >= 4 is 21.8 Å². The van der Waals surface area contributed by atoms with E-state index in [0.717, 1.165) is 22.0 Å². The third-order valence-electron chi connectivity index (χ3n) is 2.84. The van der Waals surface area contributed by atoms with E-state index in [0.29, 0.717) is 12.1 Å². The van der Waals surface area contributed by atoms with Gasteiger partial charge in [0.15, 0.2) is 0 Å². The molecule has 0 fully saturated rings. The van der Waals surface area contributed by atoms with E-state index in [-0.39, 0.29) is 5.91 Å². The molecular formula is C15H15BrN2O. The zero-order valence-electron chi connectivity index (χ0n) is 10.7. The molecule has 98 valence electrons. The maximum atomic E-state index is 12.0. The molecule has 1 aromatic carbocycles. The van der Waals surface area contributed by atoms with Crippen LogP contribution in [0.4, 0.5) is 0 Å². The van der Waals surface area contributed by atoms with E-state index in [4.69, 9.17) is 0 Å². The number of aryl methyl sites for hydroxylation is 1. The van der Waals surface area contributed by atoms with Crippen LogP contribution in [0.2, 0.25) is 0 Å². The van der Waals surface area contributed by atoms with Crippen molar-refractivity contribution in [1.82, 2.24) is 10.3 Å². The van der Waals surface area contributed by atoms with Gasteiger partial charge >= 0.3 is 0 Å². The van der Waals surface area contributed by atoms with Crippen LogP contribution in [0.1, 0.15) is 21.5 Å². The third-order valence-corrected chi connectivity index (χ3v) is 3.73. The summed E-state index contributed by atoms with van der Waals surface area (Å²) in [6, 6.07) is 9.49. The van der Waals surface area contributed by atoms with Crippen molar-refractivity contribution in [3.8, 4) is 0 Å². The van der Waals surface area contributed by atoms with Crippen LogP contribution in [0.3, 0.4) is 0 Å². The molecule has 1 heterocycles. The van der Waals surface area contributed by atoms with Gasteiger partial charge in [-0.3, -0.25) is 9.78 Å². The number of hydrogen-bond acceptors (Lipinski definition) is 2. The molecule has 1 aromatic heterocycles. The summed E-state index contributed by atoms with van der Waals surface area (Å²) in [5, 5.41) is 2.91. The van der Waals surface area contributed by atoms with E-state index in [2.05, 4.69) is 26.2 Å². The summed E-state index contributed by atoms with van der Waals surface area (Å²) in [5.74, 6) is -0.0421. The number of pyridine rings is 1. The summed E-state index contributed by atoms with van der Waals surface area (Å²) in [6.07, 6.45) is 4.34. The Balaban J connectivity index is 1.89. The Kier molecular flexibility index (Phi) is 4.68. The second-order valence-electron chi connectivity index (χ2n) is 4.33. The molecule has 4 heteroatoms. The second-order valence-corrected chi connectivity index (χ2v) is 5.19. The van der Waals surface area contributed by atoms with Gasteiger partial charge in [-0.05, 0) is 48.7 Å². The van der Waals surface area contributed by atoms with E-state index in [1.165, 1.54) is 0 Å². The highest BCUT2D eigenvalue weighted by Gasteiger charge is 2.06. The first-order valence-corrected chi connectivity index (χ1v) is 6.89. The molecule has 2 aromatic rings. The third kappa shape index (κ3) is 3.89. The van der Waals surface area contributed by atoms with Gasteiger partial charge in [-0.1, -0.05) is 22.0 Å². The molecule has 0 bridgehead atoms. The lowest BCUT2D eigenvalue weighted by Gasteiger charge is -2.06. The number of hydrogen-bond donors (Lipinski definition) is 1. The maximum absolute atomic E-state index is 12.0. The second kappa shape index (κ2) is 6.48. The fourth-order valence-electron chi connectivity index (χ4n) is 1.75. The fraction of sp³-hybridized carbons (Fsp3) is 0.200. The number of benzene rings is 1. The number of amides is 1. The Bertz CT molecular complexity index is 570. The first-order valence-electron chi connectivity index (χ1n) is 6.10. The minimum atomic E-state index is -0.0421. The van der Waals surface area contributed by atoms with E-state index in [9.17, 15) is 4.79 Å². The smallest absolute Gasteiger partial charge is 0.251 e.